The Morgan fingerprint density at radius 2 is 1.58 bits per heavy atom. The monoisotopic (exact) mass is 393 g/mol. The van der Waals surface area contributed by atoms with E-state index in [0.29, 0.717) is 0 Å². The molecule has 0 atom stereocenters. The molecule has 0 radical (unpaired) electrons. The Morgan fingerprint density at radius 1 is 1.04 bits per heavy atom. The van der Waals surface area contributed by atoms with Crippen molar-refractivity contribution in [3.8, 4) is 0 Å². The summed E-state index contributed by atoms with van der Waals surface area (Å²) >= 11 is 0. The molecule has 0 aromatic carbocycles. The second-order valence-corrected chi connectivity index (χ2v) is 7.66. The number of carbonyl (C=O) groups excluding carboxylic acids is 2. The van der Waals surface area contributed by atoms with E-state index in [-0.39, 0.29) is 25.9 Å². The van der Waals surface area contributed by atoms with Gasteiger partial charge >= 0.3 is 0 Å². The summed E-state index contributed by atoms with van der Waals surface area (Å²) in [5.74, 6) is -7.80. The summed E-state index contributed by atoms with van der Waals surface area (Å²) in [5.41, 5.74) is 0. The highest BCUT2D eigenvalue weighted by atomic mass is 32.2. The molecule has 0 spiro atoms. The van der Waals surface area contributed by atoms with Crippen LogP contribution in [0.3, 0.4) is 0 Å². The van der Waals surface area contributed by atoms with Crippen LogP contribution in [-0.2, 0) is 19.4 Å². The van der Waals surface area contributed by atoms with Crippen molar-refractivity contribution in [3.63, 3.8) is 0 Å². The smallest absolute Gasteiger partial charge is 0.252 e. The van der Waals surface area contributed by atoms with Crippen molar-refractivity contribution >= 4 is 27.5 Å². The van der Waals surface area contributed by atoms with E-state index in [0.717, 1.165) is 4.90 Å². The number of nitrogens with zero attached hydrogens (tertiary/aromatic N) is 3. The van der Waals surface area contributed by atoms with Crippen molar-refractivity contribution in [2.45, 2.75) is 31.6 Å². The number of pyridine rings is 1. The molecule has 0 bridgehead atoms. The maximum atomic E-state index is 14.6. The van der Waals surface area contributed by atoms with E-state index in [4.69, 9.17) is 0 Å². The molecule has 0 N–H and O–H groups in total. The standard InChI is InChI=1S/C15H18F3N3O4S/c1-3-20(4-2)15-12(17)13(11(16)14(18)19-15)26(24,25)8-7-21-9(22)5-6-10(21)23/h3-8H2,1-2H3. The molecule has 1 aromatic rings. The average Bonchev–Trinajstić information content (AvgIpc) is 2.89. The Kier molecular flexibility index (Phi) is 5.89. The van der Waals surface area contributed by atoms with Crippen LogP contribution in [0.1, 0.15) is 26.7 Å². The van der Waals surface area contributed by atoms with Gasteiger partial charge < -0.3 is 4.90 Å². The zero-order chi connectivity index (χ0) is 19.6. The quantitative estimate of drug-likeness (QED) is 0.512. The largest absolute Gasteiger partial charge is 0.355 e. The van der Waals surface area contributed by atoms with Crippen molar-refractivity contribution in [2.75, 3.05) is 30.3 Å². The molecular formula is C15H18F3N3O4S. The number of halogens is 3. The first-order valence-electron chi connectivity index (χ1n) is 7.99. The number of likely N-dealkylation sites (tertiary alicyclic amines) is 1. The van der Waals surface area contributed by atoms with Crippen molar-refractivity contribution in [1.82, 2.24) is 9.88 Å². The zero-order valence-corrected chi connectivity index (χ0v) is 15.1. The fourth-order valence-corrected chi connectivity index (χ4v) is 4.02. The number of anilines is 1. The van der Waals surface area contributed by atoms with Gasteiger partial charge in [0.25, 0.3) is 5.95 Å². The Labute approximate surface area is 148 Å². The number of rotatable bonds is 7. The average molecular weight is 393 g/mol. The maximum absolute atomic E-state index is 14.6. The number of hydrogen-bond donors (Lipinski definition) is 0. The van der Waals surface area contributed by atoms with Gasteiger partial charge in [-0.1, -0.05) is 0 Å². The minimum atomic E-state index is -4.65. The van der Waals surface area contributed by atoms with Crippen LogP contribution in [-0.4, -0.2) is 55.5 Å². The lowest BCUT2D eigenvalue weighted by molar-refractivity contribution is -0.137. The number of aromatic nitrogens is 1. The summed E-state index contributed by atoms with van der Waals surface area (Å²) in [6, 6.07) is 0. The van der Waals surface area contributed by atoms with E-state index in [9.17, 15) is 31.2 Å². The van der Waals surface area contributed by atoms with Crippen LogP contribution in [0.2, 0.25) is 0 Å². The number of carbonyl (C=O) groups is 2. The molecule has 0 saturated carbocycles. The topological polar surface area (TPSA) is 87.7 Å². The Balaban J connectivity index is 2.42. The summed E-state index contributed by atoms with van der Waals surface area (Å²) in [7, 11) is -4.65. The molecule has 11 heteroatoms. The molecule has 2 heterocycles. The van der Waals surface area contributed by atoms with E-state index in [1.807, 2.05) is 0 Å². The summed E-state index contributed by atoms with van der Waals surface area (Å²) in [6.45, 7) is 3.07. The molecule has 1 aliphatic heterocycles. The van der Waals surface area contributed by atoms with Crippen molar-refractivity contribution in [3.05, 3.63) is 17.6 Å². The Bertz CT molecular complexity index is 825. The summed E-state index contributed by atoms with van der Waals surface area (Å²) in [6.07, 6.45) is -0.0881. The van der Waals surface area contributed by atoms with Crippen molar-refractivity contribution < 1.29 is 31.2 Å². The van der Waals surface area contributed by atoms with E-state index in [1.54, 1.807) is 13.8 Å². The first kappa shape index (κ1) is 20.1. The third kappa shape index (κ3) is 3.67. The fourth-order valence-electron chi connectivity index (χ4n) is 2.67. The molecule has 1 aliphatic rings. The molecule has 1 fully saturated rings. The van der Waals surface area contributed by atoms with Crippen LogP contribution >= 0.6 is 0 Å². The van der Waals surface area contributed by atoms with Crippen LogP contribution in [0, 0.1) is 17.6 Å². The molecule has 144 valence electrons. The lowest BCUT2D eigenvalue weighted by Crippen LogP contribution is -2.34. The van der Waals surface area contributed by atoms with E-state index >= 15 is 0 Å². The third-order valence-corrected chi connectivity index (χ3v) is 5.79. The molecule has 2 amide bonds. The number of hydrogen-bond acceptors (Lipinski definition) is 6. The van der Waals surface area contributed by atoms with Gasteiger partial charge in [0, 0.05) is 32.5 Å². The molecule has 0 unspecified atom stereocenters. The minimum absolute atomic E-state index is 0.0441. The SMILES string of the molecule is CCN(CC)c1nc(F)c(F)c(S(=O)(=O)CCN2C(=O)CCC2=O)c1F. The van der Waals surface area contributed by atoms with Crippen LogP contribution < -0.4 is 4.90 Å². The predicted molar refractivity (Wildman–Crippen MR) is 85.7 cm³/mol. The van der Waals surface area contributed by atoms with Gasteiger partial charge in [0.15, 0.2) is 27.3 Å². The first-order chi connectivity index (χ1) is 12.1. The van der Waals surface area contributed by atoms with Gasteiger partial charge in [0.2, 0.25) is 11.8 Å². The third-order valence-electron chi connectivity index (χ3n) is 4.09. The van der Waals surface area contributed by atoms with Gasteiger partial charge in [-0.05, 0) is 13.8 Å². The number of imide groups is 1. The van der Waals surface area contributed by atoms with E-state index in [1.165, 1.54) is 4.90 Å². The van der Waals surface area contributed by atoms with Crippen LogP contribution in [0.15, 0.2) is 4.90 Å². The lowest BCUT2D eigenvalue weighted by Gasteiger charge is -2.22. The van der Waals surface area contributed by atoms with Crippen LogP contribution in [0.4, 0.5) is 19.0 Å². The zero-order valence-electron chi connectivity index (χ0n) is 14.3. The maximum Gasteiger partial charge on any atom is 0.252 e. The van der Waals surface area contributed by atoms with Gasteiger partial charge in [0.05, 0.1) is 5.75 Å². The molecule has 2 rings (SSSR count). The molecule has 7 nitrogen and oxygen atoms in total. The van der Waals surface area contributed by atoms with Crippen LogP contribution in [0.5, 0.6) is 0 Å². The molecule has 26 heavy (non-hydrogen) atoms. The molecular weight excluding hydrogens is 375 g/mol. The first-order valence-corrected chi connectivity index (χ1v) is 9.64. The molecule has 1 saturated heterocycles. The molecule has 0 aliphatic carbocycles. The fraction of sp³-hybridized carbons (Fsp3) is 0.533. The normalized spacial score (nSPS) is 15.0. The van der Waals surface area contributed by atoms with Gasteiger partial charge in [-0.2, -0.15) is 9.37 Å². The number of amides is 2. The Hall–Kier alpha value is -2.17. The molecule has 1 aromatic heterocycles. The minimum Gasteiger partial charge on any atom is -0.355 e. The van der Waals surface area contributed by atoms with Gasteiger partial charge in [0.1, 0.15) is 4.90 Å². The van der Waals surface area contributed by atoms with E-state index in [2.05, 4.69) is 4.98 Å². The van der Waals surface area contributed by atoms with Crippen molar-refractivity contribution in [2.24, 2.45) is 0 Å². The Morgan fingerprint density at radius 3 is 2.08 bits per heavy atom. The van der Waals surface area contributed by atoms with Crippen molar-refractivity contribution in [1.29, 1.82) is 0 Å². The van der Waals surface area contributed by atoms with E-state index < -0.39 is 62.2 Å². The highest BCUT2D eigenvalue weighted by molar-refractivity contribution is 7.91. The van der Waals surface area contributed by atoms with Crippen LogP contribution in [0.25, 0.3) is 0 Å². The second kappa shape index (κ2) is 7.60. The van der Waals surface area contributed by atoms with Gasteiger partial charge in [-0.25, -0.2) is 17.2 Å². The lowest BCUT2D eigenvalue weighted by atomic mass is 10.3. The summed E-state index contributed by atoms with van der Waals surface area (Å²) in [4.78, 5) is 26.8. The predicted octanol–water partition coefficient (Wildman–Crippen LogP) is 1.27. The number of sulfone groups is 1. The highest BCUT2D eigenvalue weighted by Crippen LogP contribution is 2.28. The second-order valence-electron chi connectivity index (χ2n) is 5.61. The van der Waals surface area contributed by atoms with Gasteiger partial charge in [-0.15, -0.1) is 0 Å². The summed E-state index contributed by atoms with van der Waals surface area (Å²) in [5, 5.41) is 0. The van der Waals surface area contributed by atoms with Gasteiger partial charge in [-0.3, -0.25) is 14.5 Å². The highest BCUT2D eigenvalue weighted by Gasteiger charge is 2.34. The summed E-state index contributed by atoms with van der Waals surface area (Å²) < 4.78 is 67.3.